The Morgan fingerprint density at radius 3 is 2.60 bits per heavy atom. The number of carbonyl (C=O) groups is 2. The summed E-state index contributed by atoms with van der Waals surface area (Å²) in [5.74, 6) is -0.922. The summed E-state index contributed by atoms with van der Waals surface area (Å²) in [6.07, 6.45) is 1.54. The molecule has 0 bridgehead atoms. The summed E-state index contributed by atoms with van der Waals surface area (Å²) in [7, 11) is -1.16. The Hall–Kier alpha value is -1.69. The van der Waals surface area contributed by atoms with Crippen LogP contribution in [0.3, 0.4) is 0 Å². The lowest BCUT2D eigenvalue weighted by Crippen LogP contribution is -2.62. The summed E-state index contributed by atoms with van der Waals surface area (Å²) in [5, 5.41) is -0.383. The van der Waals surface area contributed by atoms with Crippen molar-refractivity contribution in [2.24, 2.45) is 5.92 Å². The molecule has 0 radical (unpaired) electrons. The molecule has 1 aliphatic heterocycles. The van der Waals surface area contributed by atoms with Crippen molar-refractivity contribution in [1.82, 2.24) is 4.90 Å². The van der Waals surface area contributed by atoms with Crippen LogP contribution in [0.25, 0.3) is 0 Å². The third kappa shape index (κ3) is 3.07. The topological polar surface area (TPSA) is 63.7 Å². The van der Waals surface area contributed by atoms with Crippen molar-refractivity contribution in [3.63, 3.8) is 0 Å². The number of β-lactam (4-membered cyclic amide) rings is 1. The van der Waals surface area contributed by atoms with Crippen LogP contribution < -0.4 is 0 Å². The van der Waals surface area contributed by atoms with E-state index in [-0.39, 0.29) is 30.4 Å². The number of nitrogens with zero attached hydrogens (tertiary/aromatic N) is 1. The molecule has 6 heteroatoms. The van der Waals surface area contributed by atoms with Gasteiger partial charge in [0.25, 0.3) is 0 Å². The highest BCUT2D eigenvalue weighted by Crippen LogP contribution is 2.28. The summed E-state index contributed by atoms with van der Waals surface area (Å²) in [6, 6.07) is 9.31. The Labute approximate surface area is 120 Å². The Balaban J connectivity index is 1.86. The van der Waals surface area contributed by atoms with E-state index in [1.165, 1.54) is 11.2 Å². The molecule has 1 saturated heterocycles. The second-order valence-corrected chi connectivity index (χ2v) is 6.27. The molecule has 1 fully saturated rings. The van der Waals surface area contributed by atoms with E-state index in [4.69, 9.17) is 4.74 Å². The van der Waals surface area contributed by atoms with Crippen molar-refractivity contribution in [1.29, 1.82) is 0 Å². The van der Waals surface area contributed by atoms with E-state index in [0.717, 1.165) is 5.56 Å². The lowest BCUT2D eigenvalue weighted by Gasteiger charge is -2.43. The number of likely N-dealkylation sites (tertiary alicyclic amines) is 1. The van der Waals surface area contributed by atoms with Crippen LogP contribution >= 0.6 is 0 Å². The zero-order chi connectivity index (χ0) is 14.7. The molecule has 1 aromatic carbocycles. The molecule has 1 aromatic rings. The van der Waals surface area contributed by atoms with E-state index in [9.17, 15) is 13.8 Å². The van der Waals surface area contributed by atoms with Gasteiger partial charge in [-0.1, -0.05) is 37.3 Å². The van der Waals surface area contributed by atoms with E-state index < -0.39 is 16.8 Å². The second-order valence-electron chi connectivity index (χ2n) is 4.79. The molecule has 0 N–H and O–H groups in total. The van der Waals surface area contributed by atoms with Crippen LogP contribution in [0.5, 0.6) is 0 Å². The molecular formula is C14H17NO4S. The highest BCUT2D eigenvalue weighted by atomic mass is 32.2. The van der Waals surface area contributed by atoms with Gasteiger partial charge in [0.1, 0.15) is 18.5 Å². The maximum atomic E-state index is 11.7. The predicted molar refractivity (Wildman–Crippen MR) is 75.0 cm³/mol. The minimum Gasteiger partial charge on any atom is -0.459 e. The molecule has 1 aliphatic rings. The summed E-state index contributed by atoms with van der Waals surface area (Å²) in [5.41, 5.74) is 0.889. The molecule has 0 aliphatic carbocycles. The fraction of sp³-hybridized carbons (Fsp3) is 0.429. The number of carbonyl (C=O) groups excluding carboxylic acids is 2. The van der Waals surface area contributed by atoms with E-state index in [2.05, 4.69) is 0 Å². The van der Waals surface area contributed by atoms with Gasteiger partial charge >= 0.3 is 5.97 Å². The van der Waals surface area contributed by atoms with Gasteiger partial charge in [0, 0.05) is 17.1 Å². The van der Waals surface area contributed by atoms with Crippen molar-refractivity contribution >= 4 is 22.7 Å². The normalized spacial score (nSPS) is 23.1. The van der Waals surface area contributed by atoms with Gasteiger partial charge in [0.2, 0.25) is 5.91 Å². The predicted octanol–water partition coefficient (Wildman–Crippen LogP) is 0.913. The maximum Gasteiger partial charge on any atom is 0.326 e. The Morgan fingerprint density at radius 1 is 1.35 bits per heavy atom. The molecular weight excluding hydrogens is 278 g/mol. The lowest BCUT2D eigenvalue weighted by atomic mass is 10.0. The van der Waals surface area contributed by atoms with Crippen molar-refractivity contribution in [2.75, 3.05) is 12.8 Å². The molecule has 1 heterocycles. The first-order chi connectivity index (χ1) is 9.50. The average Bonchev–Trinajstić information content (AvgIpc) is 2.44. The fourth-order valence-electron chi connectivity index (χ4n) is 2.25. The third-order valence-electron chi connectivity index (χ3n) is 3.29. The van der Waals surface area contributed by atoms with Crippen molar-refractivity contribution in [2.45, 2.75) is 18.9 Å². The van der Waals surface area contributed by atoms with Crippen LogP contribution in [0.15, 0.2) is 30.3 Å². The maximum absolute atomic E-state index is 11.7. The van der Waals surface area contributed by atoms with E-state index in [0.29, 0.717) is 0 Å². The molecule has 0 saturated carbocycles. The molecule has 0 aromatic heterocycles. The molecule has 20 heavy (non-hydrogen) atoms. The zero-order valence-electron chi connectivity index (χ0n) is 11.4. The standard InChI is InChI=1S/C14H17NO4S/c1-10-13(17)15(14(10)20(2)18)8-12(16)19-9-11-6-4-3-5-7-11/h3-7,10,14H,8-9H2,1-2H3. The van der Waals surface area contributed by atoms with Gasteiger partial charge in [-0.05, 0) is 5.56 Å². The Morgan fingerprint density at radius 2 is 2.00 bits per heavy atom. The highest BCUT2D eigenvalue weighted by Gasteiger charge is 2.47. The molecule has 108 valence electrons. The fourth-order valence-corrected chi connectivity index (χ4v) is 3.48. The van der Waals surface area contributed by atoms with Gasteiger partial charge in [-0.2, -0.15) is 0 Å². The first-order valence-corrected chi connectivity index (χ1v) is 7.95. The van der Waals surface area contributed by atoms with Gasteiger partial charge in [-0.15, -0.1) is 0 Å². The third-order valence-corrected chi connectivity index (χ3v) is 4.63. The summed E-state index contributed by atoms with van der Waals surface area (Å²) < 4.78 is 16.6. The number of hydrogen-bond donors (Lipinski definition) is 0. The quantitative estimate of drug-likeness (QED) is 0.598. The molecule has 3 atom stereocenters. The smallest absolute Gasteiger partial charge is 0.326 e. The highest BCUT2D eigenvalue weighted by molar-refractivity contribution is 7.85. The van der Waals surface area contributed by atoms with Crippen LogP contribution in [0.2, 0.25) is 0 Å². The Kier molecular flexibility index (Phi) is 4.54. The molecule has 0 spiro atoms. The summed E-state index contributed by atoms with van der Waals surface area (Å²) >= 11 is 0. The number of ether oxygens (including phenoxy) is 1. The van der Waals surface area contributed by atoms with Crippen molar-refractivity contribution in [3.8, 4) is 0 Å². The van der Waals surface area contributed by atoms with Crippen LogP contribution in [0.4, 0.5) is 0 Å². The number of benzene rings is 1. The van der Waals surface area contributed by atoms with Crippen molar-refractivity contribution in [3.05, 3.63) is 35.9 Å². The first-order valence-electron chi connectivity index (χ1n) is 6.33. The molecule has 2 rings (SSSR count). The molecule has 5 nitrogen and oxygen atoms in total. The monoisotopic (exact) mass is 295 g/mol. The van der Waals surface area contributed by atoms with E-state index in [1.54, 1.807) is 6.92 Å². The molecule has 3 unspecified atom stereocenters. The van der Waals surface area contributed by atoms with Gasteiger partial charge in [-0.3, -0.25) is 13.8 Å². The van der Waals surface area contributed by atoms with Gasteiger partial charge < -0.3 is 9.64 Å². The average molecular weight is 295 g/mol. The van der Waals surface area contributed by atoms with E-state index in [1.807, 2.05) is 30.3 Å². The summed E-state index contributed by atoms with van der Waals surface area (Å²) in [6.45, 7) is 1.76. The van der Waals surface area contributed by atoms with Gasteiger partial charge in [0.15, 0.2) is 0 Å². The number of rotatable bonds is 5. The van der Waals surface area contributed by atoms with Crippen LogP contribution in [0.1, 0.15) is 12.5 Å². The lowest BCUT2D eigenvalue weighted by molar-refractivity contribution is -0.160. The Bertz CT molecular complexity index is 531. The minimum atomic E-state index is -1.16. The SMILES string of the molecule is CC1C(=O)N(CC(=O)OCc2ccccc2)C1S(C)=O. The second kappa shape index (κ2) is 6.17. The van der Waals surface area contributed by atoms with E-state index >= 15 is 0 Å². The van der Waals surface area contributed by atoms with Crippen LogP contribution in [-0.2, 0) is 31.7 Å². The number of esters is 1. The number of hydrogen-bond acceptors (Lipinski definition) is 4. The van der Waals surface area contributed by atoms with Crippen molar-refractivity contribution < 1.29 is 18.5 Å². The molecule has 1 amide bonds. The largest absolute Gasteiger partial charge is 0.459 e. The van der Waals surface area contributed by atoms with Crippen LogP contribution in [0, 0.1) is 5.92 Å². The van der Waals surface area contributed by atoms with Crippen LogP contribution in [-0.4, -0.2) is 39.2 Å². The zero-order valence-corrected chi connectivity index (χ0v) is 12.3. The van der Waals surface area contributed by atoms with Gasteiger partial charge in [0.05, 0.1) is 5.92 Å². The summed E-state index contributed by atoms with van der Waals surface area (Å²) in [4.78, 5) is 24.7. The minimum absolute atomic E-state index is 0.139. The first kappa shape index (κ1) is 14.7. The van der Waals surface area contributed by atoms with Gasteiger partial charge in [-0.25, -0.2) is 0 Å². The number of amides is 1.